The topological polar surface area (TPSA) is 79.5 Å². The van der Waals surface area contributed by atoms with Crippen LogP contribution in [0.15, 0.2) is 72.1 Å². The number of hydrogen-bond acceptors (Lipinski definition) is 4. The zero-order valence-electron chi connectivity index (χ0n) is 15.9. The molecule has 0 atom stereocenters. The van der Waals surface area contributed by atoms with Crippen molar-refractivity contribution in [3.8, 4) is 5.75 Å². The number of para-hydroxylation sites is 1. The zero-order valence-corrected chi connectivity index (χ0v) is 16.7. The standard InChI is InChI=1S/C22H23N3O3S/c26-21(24-16-20-7-4-14-29-20)15-17-8-10-18(11-9-17)25-22(27)23-12-13-28-19-5-2-1-3-6-19/h1-11,14H,12-13,15-16H2,(H,24,26)(H2,23,25,27). The van der Waals surface area contributed by atoms with Crippen molar-refractivity contribution in [3.63, 3.8) is 0 Å². The molecule has 0 saturated heterocycles. The van der Waals surface area contributed by atoms with E-state index >= 15 is 0 Å². The van der Waals surface area contributed by atoms with Crippen LogP contribution >= 0.6 is 11.3 Å². The van der Waals surface area contributed by atoms with Crippen molar-refractivity contribution in [2.45, 2.75) is 13.0 Å². The maximum Gasteiger partial charge on any atom is 0.319 e. The van der Waals surface area contributed by atoms with Gasteiger partial charge in [0, 0.05) is 10.6 Å². The van der Waals surface area contributed by atoms with E-state index < -0.39 is 0 Å². The molecule has 0 saturated carbocycles. The molecule has 2 aromatic carbocycles. The molecule has 0 bridgehead atoms. The van der Waals surface area contributed by atoms with Crippen LogP contribution in [0, 0.1) is 0 Å². The van der Waals surface area contributed by atoms with E-state index in [0.717, 1.165) is 16.2 Å². The van der Waals surface area contributed by atoms with E-state index in [1.54, 1.807) is 23.5 Å². The molecule has 3 N–H and O–H groups in total. The van der Waals surface area contributed by atoms with Gasteiger partial charge >= 0.3 is 6.03 Å². The highest BCUT2D eigenvalue weighted by molar-refractivity contribution is 7.09. The summed E-state index contributed by atoms with van der Waals surface area (Å²) in [4.78, 5) is 25.1. The van der Waals surface area contributed by atoms with Gasteiger partial charge in [-0.25, -0.2) is 4.79 Å². The highest BCUT2D eigenvalue weighted by Gasteiger charge is 2.05. The van der Waals surface area contributed by atoms with Crippen LogP contribution in [0.2, 0.25) is 0 Å². The summed E-state index contributed by atoms with van der Waals surface area (Å²) >= 11 is 1.62. The maximum absolute atomic E-state index is 12.0. The number of anilines is 1. The predicted molar refractivity (Wildman–Crippen MR) is 115 cm³/mol. The summed E-state index contributed by atoms with van der Waals surface area (Å²) in [6.45, 7) is 1.32. The molecule has 1 aromatic heterocycles. The SMILES string of the molecule is O=C(Cc1ccc(NC(=O)NCCOc2ccccc2)cc1)NCc1cccs1. The Hall–Kier alpha value is -3.32. The average Bonchev–Trinajstić information content (AvgIpc) is 3.26. The summed E-state index contributed by atoms with van der Waals surface area (Å²) in [5.41, 5.74) is 1.55. The number of ether oxygens (including phenoxy) is 1. The van der Waals surface area contributed by atoms with E-state index in [-0.39, 0.29) is 11.9 Å². The van der Waals surface area contributed by atoms with Gasteiger partial charge in [-0.05, 0) is 41.3 Å². The lowest BCUT2D eigenvalue weighted by atomic mass is 10.1. The van der Waals surface area contributed by atoms with Crippen LogP contribution in [0.3, 0.4) is 0 Å². The molecule has 0 unspecified atom stereocenters. The van der Waals surface area contributed by atoms with Crippen LogP contribution in [0.25, 0.3) is 0 Å². The van der Waals surface area contributed by atoms with Gasteiger partial charge in [0.05, 0.1) is 19.5 Å². The highest BCUT2D eigenvalue weighted by atomic mass is 32.1. The van der Waals surface area contributed by atoms with E-state index in [4.69, 9.17) is 4.74 Å². The van der Waals surface area contributed by atoms with Crippen LogP contribution < -0.4 is 20.7 Å². The quantitative estimate of drug-likeness (QED) is 0.470. The second-order valence-corrected chi connectivity index (χ2v) is 7.30. The Kier molecular flexibility index (Phi) is 7.65. The number of carbonyl (C=O) groups excluding carboxylic acids is 2. The Morgan fingerprint density at radius 2 is 1.69 bits per heavy atom. The number of nitrogens with one attached hydrogen (secondary N) is 3. The molecule has 3 rings (SSSR count). The van der Waals surface area contributed by atoms with Gasteiger partial charge in [0.2, 0.25) is 5.91 Å². The van der Waals surface area contributed by atoms with Crippen molar-refractivity contribution in [2.75, 3.05) is 18.5 Å². The second kappa shape index (κ2) is 10.9. The fourth-order valence-corrected chi connectivity index (χ4v) is 3.22. The van der Waals surface area contributed by atoms with Crippen molar-refractivity contribution in [1.82, 2.24) is 10.6 Å². The highest BCUT2D eigenvalue weighted by Crippen LogP contribution is 2.11. The number of benzene rings is 2. The largest absolute Gasteiger partial charge is 0.492 e. The summed E-state index contributed by atoms with van der Waals surface area (Å²) in [5.74, 6) is 0.736. The van der Waals surface area contributed by atoms with Crippen molar-refractivity contribution < 1.29 is 14.3 Å². The van der Waals surface area contributed by atoms with Gasteiger partial charge in [0.15, 0.2) is 0 Å². The first-order chi connectivity index (χ1) is 14.2. The van der Waals surface area contributed by atoms with Crippen molar-refractivity contribution in [1.29, 1.82) is 0 Å². The van der Waals surface area contributed by atoms with E-state index in [9.17, 15) is 9.59 Å². The summed E-state index contributed by atoms with van der Waals surface area (Å²) in [6, 6.07) is 20.3. The van der Waals surface area contributed by atoms with Gasteiger partial charge in [-0.2, -0.15) is 0 Å². The van der Waals surface area contributed by atoms with Crippen LogP contribution in [-0.2, 0) is 17.8 Å². The first-order valence-corrected chi connectivity index (χ1v) is 10.2. The number of thiophene rings is 1. The lowest BCUT2D eigenvalue weighted by Crippen LogP contribution is -2.32. The minimum Gasteiger partial charge on any atom is -0.492 e. The Balaban J connectivity index is 1.34. The third-order valence-electron chi connectivity index (χ3n) is 4.02. The van der Waals surface area contributed by atoms with Gasteiger partial charge in [0.25, 0.3) is 0 Å². The second-order valence-electron chi connectivity index (χ2n) is 6.27. The minimum absolute atomic E-state index is 0.0322. The summed E-state index contributed by atoms with van der Waals surface area (Å²) in [5, 5.41) is 10.4. The van der Waals surface area contributed by atoms with Crippen LogP contribution in [0.5, 0.6) is 5.75 Å². The van der Waals surface area contributed by atoms with E-state index in [1.807, 2.05) is 60.0 Å². The first-order valence-electron chi connectivity index (χ1n) is 9.30. The molecule has 7 heteroatoms. The molecule has 150 valence electrons. The van der Waals surface area contributed by atoms with E-state index in [0.29, 0.717) is 31.8 Å². The molecule has 3 aromatic rings. The molecule has 6 nitrogen and oxygen atoms in total. The van der Waals surface area contributed by atoms with E-state index in [2.05, 4.69) is 16.0 Å². The van der Waals surface area contributed by atoms with Crippen molar-refractivity contribution >= 4 is 29.0 Å². The fourth-order valence-electron chi connectivity index (χ4n) is 2.58. The number of rotatable bonds is 9. The Morgan fingerprint density at radius 1 is 0.897 bits per heavy atom. The van der Waals surface area contributed by atoms with E-state index in [1.165, 1.54) is 0 Å². The van der Waals surface area contributed by atoms with Gasteiger partial charge in [-0.3, -0.25) is 4.79 Å². The van der Waals surface area contributed by atoms with Gasteiger partial charge in [0.1, 0.15) is 12.4 Å². The summed E-state index contributed by atoms with van der Waals surface area (Å²) in [7, 11) is 0. The molecular weight excluding hydrogens is 386 g/mol. The molecule has 0 radical (unpaired) electrons. The number of amides is 3. The minimum atomic E-state index is -0.303. The zero-order chi connectivity index (χ0) is 20.3. The molecule has 29 heavy (non-hydrogen) atoms. The number of urea groups is 1. The summed E-state index contributed by atoms with van der Waals surface area (Å²) in [6.07, 6.45) is 0.300. The molecule has 0 spiro atoms. The van der Waals surface area contributed by atoms with Crippen molar-refractivity contribution in [2.24, 2.45) is 0 Å². The van der Waals surface area contributed by atoms with Gasteiger partial charge in [-0.1, -0.05) is 36.4 Å². The molecular formula is C22H23N3O3S. The predicted octanol–water partition coefficient (Wildman–Crippen LogP) is 3.81. The smallest absolute Gasteiger partial charge is 0.319 e. The Morgan fingerprint density at radius 3 is 2.41 bits per heavy atom. The third kappa shape index (κ3) is 7.31. The molecule has 1 heterocycles. The summed E-state index contributed by atoms with van der Waals surface area (Å²) < 4.78 is 5.52. The normalized spacial score (nSPS) is 10.2. The monoisotopic (exact) mass is 409 g/mol. The first kappa shape index (κ1) is 20.4. The third-order valence-corrected chi connectivity index (χ3v) is 4.89. The lowest BCUT2D eigenvalue weighted by Gasteiger charge is -2.10. The number of hydrogen-bond donors (Lipinski definition) is 3. The van der Waals surface area contributed by atoms with Crippen molar-refractivity contribution in [3.05, 3.63) is 82.6 Å². The van der Waals surface area contributed by atoms with Crippen LogP contribution in [0.1, 0.15) is 10.4 Å². The molecule has 0 aliphatic rings. The average molecular weight is 410 g/mol. The van der Waals surface area contributed by atoms with Gasteiger partial charge < -0.3 is 20.7 Å². The van der Waals surface area contributed by atoms with Crippen LogP contribution in [0.4, 0.5) is 10.5 Å². The molecule has 3 amide bonds. The molecule has 0 aliphatic heterocycles. The maximum atomic E-state index is 12.0. The lowest BCUT2D eigenvalue weighted by molar-refractivity contribution is -0.120. The molecule has 0 aliphatic carbocycles. The number of carbonyl (C=O) groups is 2. The van der Waals surface area contributed by atoms with Crippen LogP contribution in [-0.4, -0.2) is 25.1 Å². The molecule has 0 fully saturated rings. The Labute approximate surface area is 173 Å². The fraction of sp³-hybridized carbons (Fsp3) is 0.182. The Bertz CT molecular complexity index is 897. The van der Waals surface area contributed by atoms with Gasteiger partial charge in [-0.15, -0.1) is 11.3 Å².